The second-order valence-electron chi connectivity index (χ2n) is 6.86. The van der Waals surface area contributed by atoms with Gasteiger partial charge in [0, 0.05) is 5.33 Å². The zero-order chi connectivity index (χ0) is 20.5. The van der Waals surface area contributed by atoms with Crippen LogP contribution in [0.5, 0.6) is 0 Å². The van der Waals surface area contributed by atoms with Crippen LogP contribution in [0.3, 0.4) is 0 Å². The van der Waals surface area contributed by atoms with Gasteiger partial charge in [0.1, 0.15) is 0 Å². The highest BCUT2D eigenvalue weighted by Crippen LogP contribution is 2.46. The molecule has 0 aromatic heterocycles. The van der Waals surface area contributed by atoms with Crippen LogP contribution in [0.4, 0.5) is 0 Å². The number of hydrogen-bond acceptors (Lipinski definition) is 4. The number of carbonyl (C=O) groups excluding carboxylic acids is 1. The molecular formula is C21H22BrNO4S. The van der Waals surface area contributed by atoms with Gasteiger partial charge < -0.3 is 4.74 Å². The summed E-state index contributed by atoms with van der Waals surface area (Å²) in [6.07, 6.45) is 1.83. The van der Waals surface area contributed by atoms with Crippen LogP contribution in [-0.2, 0) is 19.6 Å². The van der Waals surface area contributed by atoms with E-state index in [4.69, 9.17) is 4.74 Å². The van der Waals surface area contributed by atoms with Crippen molar-refractivity contribution in [2.75, 3.05) is 12.4 Å². The molecule has 1 heterocycles. The van der Waals surface area contributed by atoms with Crippen molar-refractivity contribution in [3.05, 3.63) is 77.4 Å². The second-order valence-corrected chi connectivity index (χ2v) is 9.23. The van der Waals surface area contributed by atoms with E-state index in [1.54, 1.807) is 31.2 Å². The average Bonchev–Trinajstić information content (AvgIpc) is 3.02. The van der Waals surface area contributed by atoms with Crippen LogP contribution < -0.4 is 0 Å². The molecule has 1 aliphatic rings. The highest BCUT2D eigenvalue weighted by molar-refractivity contribution is 9.09. The maximum absolute atomic E-state index is 13.7. The molecule has 3 rings (SSSR count). The number of alkyl halides is 1. The normalized spacial score (nSPS) is 22.7. The number of carbonyl (C=O) groups is 1. The third-order valence-electron chi connectivity index (χ3n) is 5.12. The quantitative estimate of drug-likeness (QED) is 0.381. The van der Waals surface area contributed by atoms with Gasteiger partial charge in [-0.05, 0) is 37.1 Å². The Kier molecular flexibility index (Phi) is 5.79. The van der Waals surface area contributed by atoms with Gasteiger partial charge in [0.05, 0.1) is 18.0 Å². The molecule has 7 heteroatoms. The summed E-state index contributed by atoms with van der Waals surface area (Å²) in [5, 5.41) is 0.349. The summed E-state index contributed by atoms with van der Waals surface area (Å²) >= 11 is 3.41. The van der Waals surface area contributed by atoms with Crippen LogP contribution in [-0.4, -0.2) is 36.7 Å². The van der Waals surface area contributed by atoms with Crippen molar-refractivity contribution >= 4 is 31.9 Å². The first-order valence-corrected chi connectivity index (χ1v) is 11.3. The second kappa shape index (κ2) is 7.81. The minimum atomic E-state index is -4.00. The molecule has 28 heavy (non-hydrogen) atoms. The van der Waals surface area contributed by atoms with Crippen molar-refractivity contribution in [3.8, 4) is 0 Å². The van der Waals surface area contributed by atoms with Gasteiger partial charge in [-0.25, -0.2) is 13.2 Å². The van der Waals surface area contributed by atoms with E-state index in [1.807, 2.05) is 43.3 Å². The molecule has 1 unspecified atom stereocenters. The Labute approximate surface area is 174 Å². The highest BCUT2D eigenvalue weighted by atomic mass is 79.9. The van der Waals surface area contributed by atoms with Crippen molar-refractivity contribution < 1.29 is 17.9 Å². The minimum absolute atomic E-state index is 0.137. The Morgan fingerprint density at radius 3 is 2.29 bits per heavy atom. The smallest absolute Gasteiger partial charge is 0.331 e. The number of rotatable bonds is 5. The van der Waals surface area contributed by atoms with E-state index < -0.39 is 27.6 Å². The average molecular weight is 464 g/mol. The van der Waals surface area contributed by atoms with Gasteiger partial charge in [-0.2, -0.15) is 4.31 Å². The lowest BCUT2D eigenvalue weighted by molar-refractivity contribution is -0.148. The van der Waals surface area contributed by atoms with E-state index in [9.17, 15) is 13.2 Å². The zero-order valence-electron chi connectivity index (χ0n) is 15.9. The topological polar surface area (TPSA) is 63.7 Å². The van der Waals surface area contributed by atoms with E-state index in [0.717, 1.165) is 11.1 Å². The number of aryl methyl sites for hydroxylation is 1. The molecule has 0 radical (unpaired) electrons. The summed E-state index contributed by atoms with van der Waals surface area (Å²) in [6, 6.07) is 15.3. The molecule has 0 N–H and O–H groups in total. The third kappa shape index (κ3) is 3.32. The lowest BCUT2D eigenvalue weighted by Gasteiger charge is -2.37. The van der Waals surface area contributed by atoms with E-state index >= 15 is 0 Å². The first kappa shape index (κ1) is 20.8. The van der Waals surface area contributed by atoms with Crippen molar-refractivity contribution in [2.45, 2.75) is 30.3 Å². The number of halogens is 1. The maximum Gasteiger partial charge on any atom is 0.331 e. The fourth-order valence-electron chi connectivity index (χ4n) is 3.53. The molecule has 148 valence electrons. The largest absolute Gasteiger partial charge is 0.467 e. The molecule has 2 aromatic rings. The van der Waals surface area contributed by atoms with Crippen molar-refractivity contribution in [3.63, 3.8) is 0 Å². The molecule has 2 aromatic carbocycles. The van der Waals surface area contributed by atoms with Gasteiger partial charge in [-0.1, -0.05) is 70.0 Å². The number of esters is 1. The first-order valence-electron chi connectivity index (χ1n) is 8.78. The molecule has 0 amide bonds. The number of hydrogen-bond donors (Lipinski definition) is 0. The van der Waals surface area contributed by atoms with Crippen LogP contribution in [0, 0.1) is 6.92 Å². The molecule has 1 aliphatic heterocycles. The van der Waals surface area contributed by atoms with Gasteiger partial charge >= 0.3 is 5.97 Å². The molecular weight excluding hydrogens is 442 g/mol. The molecule has 0 spiro atoms. The Bertz CT molecular complexity index is 1000. The van der Waals surface area contributed by atoms with E-state index in [2.05, 4.69) is 15.9 Å². The zero-order valence-corrected chi connectivity index (χ0v) is 18.3. The monoisotopic (exact) mass is 463 g/mol. The Balaban J connectivity index is 2.24. The number of ether oxygens (including phenoxy) is 1. The predicted octanol–water partition coefficient (Wildman–Crippen LogP) is 3.99. The number of nitrogens with zero attached hydrogens (tertiary/aromatic N) is 1. The summed E-state index contributed by atoms with van der Waals surface area (Å²) in [7, 11) is -2.73. The van der Waals surface area contributed by atoms with Gasteiger partial charge in [0.2, 0.25) is 10.0 Å². The molecule has 5 nitrogen and oxygen atoms in total. The van der Waals surface area contributed by atoms with Crippen molar-refractivity contribution in [1.29, 1.82) is 0 Å². The maximum atomic E-state index is 13.7. The minimum Gasteiger partial charge on any atom is -0.467 e. The number of sulfonamides is 1. The van der Waals surface area contributed by atoms with Crippen LogP contribution in [0.2, 0.25) is 0 Å². The van der Waals surface area contributed by atoms with Gasteiger partial charge in [-0.3, -0.25) is 0 Å². The number of methoxy groups -OCH3 is 1. The van der Waals surface area contributed by atoms with E-state index in [1.165, 1.54) is 11.4 Å². The predicted molar refractivity (Wildman–Crippen MR) is 112 cm³/mol. The molecule has 0 bridgehead atoms. The van der Waals surface area contributed by atoms with Crippen LogP contribution in [0.15, 0.2) is 71.1 Å². The summed E-state index contributed by atoms with van der Waals surface area (Å²) in [5.74, 6) is -0.618. The first-order chi connectivity index (χ1) is 13.3. The lowest BCUT2D eigenvalue weighted by atomic mass is 9.96. The summed E-state index contributed by atoms with van der Waals surface area (Å²) in [4.78, 5) is 13.0. The van der Waals surface area contributed by atoms with E-state index in [-0.39, 0.29) is 4.90 Å². The van der Waals surface area contributed by atoms with Crippen molar-refractivity contribution in [2.24, 2.45) is 0 Å². The van der Waals surface area contributed by atoms with Crippen molar-refractivity contribution in [1.82, 2.24) is 4.31 Å². The molecule has 0 fully saturated rings. The van der Waals surface area contributed by atoms with Gasteiger partial charge in [-0.15, -0.1) is 0 Å². The summed E-state index contributed by atoms with van der Waals surface area (Å²) < 4.78 is 33.7. The third-order valence-corrected chi connectivity index (χ3v) is 7.71. The van der Waals surface area contributed by atoms with E-state index in [0.29, 0.717) is 10.9 Å². The molecule has 0 saturated carbocycles. The van der Waals surface area contributed by atoms with Crippen LogP contribution >= 0.6 is 15.9 Å². The lowest BCUT2D eigenvalue weighted by Crippen LogP contribution is -2.54. The molecule has 2 atom stereocenters. The molecule has 0 saturated heterocycles. The molecule has 0 aliphatic carbocycles. The Morgan fingerprint density at radius 2 is 1.75 bits per heavy atom. The van der Waals surface area contributed by atoms with Crippen LogP contribution in [0.25, 0.3) is 0 Å². The Hall–Kier alpha value is -1.96. The Morgan fingerprint density at radius 1 is 1.14 bits per heavy atom. The van der Waals surface area contributed by atoms with Gasteiger partial charge in [0.25, 0.3) is 0 Å². The standard InChI is InChI=1S/C21H22BrNO4S/c1-15-9-11-18(12-10-15)28(25,26)23-19(16-7-5-4-6-8-16)13-17(14-22)21(23,2)20(24)27-3/h4-13,19H,14H2,1-3H3/t19?,21-/m0/s1. The SMILES string of the molecule is COC(=O)[C@]1(C)C(CBr)=CC(c2ccccc2)N1S(=O)(=O)c1ccc(C)cc1. The number of benzene rings is 2. The van der Waals surface area contributed by atoms with Gasteiger partial charge in [0.15, 0.2) is 5.54 Å². The highest BCUT2D eigenvalue weighted by Gasteiger charge is 2.56. The fraction of sp³-hybridized carbons (Fsp3) is 0.286. The fourth-order valence-corrected chi connectivity index (χ4v) is 6.12. The summed E-state index contributed by atoms with van der Waals surface area (Å²) in [6.45, 7) is 3.49. The summed E-state index contributed by atoms with van der Waals surface area (Å²) in [5.41, 5.74) is 0.922. The van der Waals surface area contributed by atoms with Crippen LogP contribution in [0.1, 0.15) is 24.1 Å².